The van der Waals surface area contributed by atoms with Crippen molar-refractivity contribution in [3.8, 4) is 0 Å². The highest BCUT2D eigenvalue weighted by atomic mass is 35.5. The van der Waals surface area contributed by atoms with E-state index in [2.05, 4.69) is 17.1 Å². The van der Waals surface area contributed by atoms with Gasteiger partial charge in [0.25, 0.3) is 0 Å². The van der Waals surface area contributed by atoms with Gasteiger partial charge in [0.2, 0.25) is 5.91 Å². The Hall–Kier alpha value is -0.0700. The lowest BCUT2D eigenvalue weighted by molar-refractivity contribution is -0.140. The molecule has 0 bridgehead atoms. The summed E-state index contributed by atoms with van der Waals surface area (Å²) in [4.78, 5) is 16.7. The van der Waals surface area contributed by atoms with E-state index >= 15 is 0 Å². The fourth-order valence-corrected chi connectivity index (χ4v) is 7.15. The van der Waals surface area contributed by atoms with Crippen molar-refractivity contribution in [2.45, 2.75) is 67.9 Å². The van der Waals surface area contributed by atoms with E-state index in [9.17, 15) is 9.90 Å². The second-order valence-electron chi connectivity index (χ2n) is 9.05. The van der Waals surface area contributed by atoms with Gasteiger partial charge in [-0.05, 0) is 63.5 Å². The van der Waals surface area contributed by atoms with Crippen molar-refractivity contribution in [2.24, 2.45) is 17.8 Å². The van der Waals surface area contributed by atoms with Crippen LogP contribution in [0.4, 0.5) is 0 Å². The molecule has 8 atom stereocenters. The maximum Gasteiger partial charge on any atom is 0.248 e. The van der Waals surface area contributed by atoms with Crippen LogP contribution in [0.3, 0.4) is 0 Å². The molecule has 0 radical (unpaired) electrons. The van der Waals surface area contributed by atoms with Crippen molar-refractivity contribution in [2.75, 3.05) is 32.8 Å². The standard InChI is InChI=1S/C20H33Cl2N3O2/c1-12-17-15(5-8-25(12)16(27)11-26)23-20-18(17)13(9-14(21)19(20)22)10-24-6-3-2-4-7-24/h12-15,17-20,23,26H,2-11H2,1H3/t12-,13?,14?,15?,17?,18?,19?,20?/m0/s1. The van der Waals surface area contributed by atoms with Gasteiger partial charge < -0.3 is 20.2 Å². The molecule has 1 aliphatic carbocycles. The number of aliphatic hydroxyl groups excluding tert-OH is 1. The van der Waals surface area contributed by atoms with Crippen LogP contribution in [0.2, 0.25) is 0 Å². The van der Waals surface area contributed by atoms with E-state index in [1.165, 1.54) is 32.4 Å². The Morgan fingerprint density at radius 3 is 2.59 bits per heavy atom. The molecule has 2 N–H and O–H groups in total. The quantitative estimate of drug-likeness (QED) is 0.688. The van der Waals surface area contributed by atoms with Gasteiger partial charge in [0.1, 0.15) is 6.61 Å². The molecule has 27 heavy (non-hydrogen) atoms. The first-order valence-electron chi connectivity index (χ1n) is 10.7. The molecule has 1 amide bonds. The average molecular weight is 418 g/mol. The number of hydrogen-bond acceptors (Lipinski definition) is 4. The summed E-state index contributed by atoms with van der Waals surface area (Å²) in [6, 6.07) is 0.745. The van der Waals surface area contributed by atoms with Crippen molar-refractivity contribution in [3.05, 3.63) is 0 Å². The maximum absolute atomic E-state index is 12.2. The molecule has 5 nitrogen and oxygen atoms in total. The molecular weight excluding hydrogens is 385 g/mol. The molecule has 154 valence electrons. The van der Waals surface area contributed by atoms with Gasteiger partial charge in [-0.25, -0.2) is 0 Å². The van der Waals surface area contributed by atoms with Gasteiger partial charge in [0, 0.05) is 31.2 Å². The third-order valence-corrected chi connectivity index (χ3v) is 8.77. The third-order valence-electron chi connectivity index (χ3n) is 7.62. The fourth-order valence-electron chi connectivity index (χ4n) is 6.43. The molecule has 3 saturated heterocycles. The minimum atomic E-state index is -0.400. The lowest BCUT2D eigenvalue weighted by atomic mass is 9.67. The van der Waals surface area contributed by atoms with Gasteiger partial charge in [-0.15, -0.1) is 23.2 Å². The Morgan fingerprint density at radius 1 is 1.15 bits per heavy atom. The normalized spacial score (nSPS) is 45.4. The lowest BCUT2D eigenvalue weighted by Gasteiger charge is -2.48. The minimum Gasteiger partial charge on any atom is -0.387 e. The Morgan fingerprint density at radius 2 is 1.89 bits per heavy atom. The summed E-state index contributed by atoms with van der Waals surface area (Å²) >= 11 is 13.5. The number of carbonyl (C=O) groups excluding carboxylic acids is 1. The Bertz CT molecular complexity index is 545. The number of nitrogens with zero attached hydrogens (tertiary/aromatic N) is 2. The summed E-state index contributed by atoms with van der Waals surface area (Å²) in [6.45, 7) is 5.95. The van der Waals surface area contributed by atoms with E-state index < -0.39 is 6.61 Å². The number of halogens is 2. The van der Waals surface area contributed by atoms with Crippen molar-refractivity contribution in [3.63, 3.8) is 0 Å². The number of nitrogens with one attached hydrogen (secondary N) is 1. The number of carbonyl (C=O) groups is 1. The first kappa shape index (κ1) is 20.2. The first-order chi connectivity index (χ1) is 13.0. The van der Waals surface area contributed by atoms with Crippen LogP contribution in [0.1, 0.15) is 39.0 Å². The average Bonchev–Trinajstić information content (AvgIpc) is 3.07. The smallest absolute Gasteiger partial charge is 0.248 e. The number of alkyl halides is 2. The second kappa shape index (κ2) is 8.35. The van der Waals surface area contributed by atoms with Crippen molar-refractivity contribution >= 4 is 29.1 Å². The van der Waals surface area contributed by atoms with E-state index in [-0.39, 0.29) is 28.7 Å². The van der Waals surface area contributed by atoms with Crippen LogP contribution in [0.5, 0.6) is 0 Å². The third kappa shape index (κ3) is 3.75. The summed E-state index contributed by atoms with van der Waals surface area (Å²) in [6.07, 6.45) is 5.82. The van der Waals surface area contributed by atoms with Gasteiger partial charge >= 0.3 is 0 Å². The fraction of sp³-hybridized carbons (Fsp3) is 0.950. The van der Waals surface area contributed by atoms with Crippen molar-refractivity contribution < 1.29 is 9.90 Å². The number of fused-ring (bicyclic) bond motifs is 3. The minimum absolute atomic E-state index is 0.000781. The molecule has 4 aliphatic rings. The zero-order valence-corrected chi connectivity index (χ0v) is 17.7. The zero-order valence-electron chi connectivity index (χ0n) is 16.2. The Kier molecular flexibility index (Phi) is 6.25. The van der Waals surface area contributed by atoms with Crippen LogP contribution in [0.25, 0.3) is 0 Å². The summed E-state index contributed by atoms with van der Waals surface area (Å²) in [7, 11) is 0. The molecule has 4 fully saturated rings. The first-order valence-corrected chi connectivity index (χ1v) is 11.6. The van der Waals surface area contributed by atoms with Crippen molar-refractivity contribution in [1.82, 2.24) is 15.1 Å². The highest BCUT2D eigenvalue weighted by Crippen LogP contribution is 2.49. The largest absolute Gasteiger partial charge is 0.387 e. The van der Waals surface area contributed by atoms with Crippen LogP contribution in [0, 0.1) is 17.8 Å². The predicted molar refractivity (Wildman–Crippen MR) is 108 cm³/mol. The molecule has 0 aromatic rings. The number of rotatable bonds is 3. The van der Waals surface area contributed by atoms with Crippen LogP contribution in [-0.2, 0) is 4.79 Å². The predicted octanol–water partition coefficient (Wildman–Crippen LogP) is 1.89. The van der Waals surface area contributed by atoms with Crippen LogP contribution < -0.4 is 5.32 Å². The summed E-state index contributed by atoms with van der Waals surface area (Å²) < 4.78 is 0. The number of aliphatic hydroxyl groups is 1. The molecule has 7 heteroatoms. The molecule has 3 heterocycles. The Labute approximate surface area is 172 Å². The van der Waals surface area contributed by atoms with Crippen molar-refractivity contribution in [1.29, 1.82) is 0 Å². The molecule has 0 aromatic heterocycles. The maximum atomic E-state index is 12.2. The zero-order chi connectivity index (χ0) is 19.1. The highest BCUT2D eigenvalue weighted by Gasteiger charge is 2.57. The number of amides is 1. The van der Waals surface area contributed by atoms with Gasteiger partial charge in [-0.1, -0.05) is 6.42 Å². The number of hydrogen-bond donors (Lipinski definition) is 2. The molecule has 0 aromatic carbocycles. The Balaban J connectivity index is 1.57. The SMILES string of the molecule is C[C@H]1C2C(CCN1C(=O)CO)NC1C(Cl)C(Cl)CC(CN3CCCCC3)C12. The molecule has 1 saturated carbocycles. The summed E-state index contributed by atoms with van der Waals surface area (Å²) in [5.74, 6) is 1.20. The van der Waals surface area contributed by atoms with Gasteiger partial charge in [0.15, 0.2) is 0 Å². The van der Waals surface area contributed by atoms with Gasteiger partial charge in [-0.3, -0.25) is 4.79 Å². The topological polar surface area (TPSA) is 55.8 Å². The molecular formula is C20H33Cl2N3O2. The van der Waals surface area contributed by atoms with E-state index in [4.69, 9.17) is 23.2 Å². The molecule has 7 unspecified atom stereocenters. The van der Waals surface area contributed by atoms with E-state index in [1.807, 2.05) is 4.90 Å². The van der Waals surface area contributed by atoms with Crippen LogP contribution >= 0.6 is 23.2 Å². The van der Waals surface area contributed by atoms with Gasteiger partial charge in [-0.2, -0.15) is 0 Å². The van der Waals surface area contributed by atoms with E-state index in [0.717, 1.165) is 19.4 Å². The van der Waals surface area contributed by atoms with Crippen LogP contribution in [-0.4, -0.2) is 82.5 Å². The number of piperidine rings is 2. The molecule has 4 rings (SSSR count). The monoisotopic (exact) mass is 417 g/mol. The number of likely N-dealkylation sites (tertiary alicyclic amines) is 2. The molecule has 3 aliphatic heterocycles. The second-order valence-corrected chi connectivity index (χ2v) is 10.1. The van der Waals surface area contributed by atoms with E-state index in [1.54, 1.807) is 0 Å². The summed E-state index contributed by atoms with van der Waals surface area (Å²) in [5, 5.41) is 13.1. The van der Waals surface area contributed by atoms with Crippen LogP contribution in [0.15, 0.2) is 0 Å². The highest BCUT2D eigenvalue weighted by molar-refractivity contribution is 6.30. The molecule has 0 spiro atoms. The van der Waals surface area contributed by atoms with E-state index in [0.29, 0.717) is 30.3 Å². The summed E-state index contributed by atoms with van der Waals surface area (Å²) in [5.41, 5.74) is 0. The lowest BCUT2D eigenvalue weighted by Crippen LogP contribution is -2.56. The van der Waals surface area contributed by atoms with Gasteiger partial charge in [0.05, 0.1) is 10.8 Å².